The summed E-state index contributed by atoms with van der Waals surface area (Å²) in [7, 11) is 0. The fraction of sp³-hybridized carbons (Fsp3) is 0.312. The molecule has 1 aromatic heterocycles. The fourth-order valence-electron chi connectivity index (χ4n) is 2.16. The van der Waals surface area contributed by atoms with Crippen LogP contribution in [0.25, 0.3) is 0 Å². The van der Waals surface area contributed by atoms with Crippen LogP contribution in [0.3, 0.4) is 0 Å². The van der Waals surface area contributed by atoms with Crippen molar-refractivity contribution in [2.75, 3.05) is 13.2 Å². The van der Waals surface area contributed by atoms with Gasteiger partial charge in [0.05, 0.1) is 5.02 Å². The molecule has 6 heteroatoms. The predicted molar refractivity (Wildman–Crippen MR) is 88.9 cm³/mol. The van der Waals surface area contributed by atoms with Crippen LogP contribution >= 0.6 is 23.2 Å². The molecule has 2 N–H and O–H groups in total. The summed E-state index contributed by atoms with van der Waals surface area (Å²) in [6.07, 6.45) is 0.781. The van der Waals surface area contributed by atoms with E-state index in [9.17, 15) is 4.79 Å². The standard InChI is InChI=1S/C16H18Cl2N2O2/c1-10-7-12(11(2)20-10)5-6-19-16(21)9-22-15-4-3-13(17)8-14(15)18/h3-4,7-8,20H,5-6,9H2,1-2H3,(H,19,21). The molecule has 118 valence electrons. The van der Waals surface area contributed by atoms with Crippen molar-refractivity contribution >= 4 is 29.1 Å². The minimum atomic E-state index is -0.184. The quantitative estimate of drug-likeness (QED) is 0.842. The predicted octanol–water partition coefficient (Wildman–Crippen LogP) is 3.68. The Hall–Kier alpha value is -1.65. The maximum Gasteiger partial charge on any atom is 0.257 e. The summed E-state index contributed by atoms with van der Waals surface area (Å²) in [6.45, 7) is 4.52. The van der Waals surface area contributed by atoms with Gasteiger partial charge in [0, 0.05) is 23.0 Å². The van der Waals surface area contributed by atoms with Gasteiger partial charge in [-0.25, -0.2) is 0 Å². The van der Waals surface area contributed by atoms with Gasteiger partial charge in [-0.2, -0.15) is 0 Å². The Balaban J connectivity index is 1.75. The molecule has 22 heavy (non-hydrogen) atoms. The minimum Gasteiger partial charge on any atom is -0.482 e. The topological polar surface area (TPSA) is 54.1 Å². The van der Waals surface area contributed by atoms with Crippen LogP contribution in [0.4, 0.5) is 0 Å². The Morgan fingerprint density at radius 3 is 2.68 bits per heavy atom. The van der Waals surface area contributed by atoms with Gasteiger partial charge in [0.2, 0.25) is 0 Å². The summed E-state index contributed by atoms with van der Waals surface area (Å²) in [5, 5.41) is 3.74. The summed E-state index contributed by atoms with van der Waals surface area (Å²) >= 11 is 11.8. The molecule has 0 fully saturated rings. The highest BCUT2D eigenvalue weighted by Crippen LogP contribution is 2.27. The molecular formula is C16H18Cl2N2O2. The van der Waals surface area contributed by atoms with Gasteiger partial charge in [0.25, 0.3) is 5.91 Å². The smallest absolute Gasteiger partial charge is 0.257 e. The summed E-state index contributed by atoms with van der Waals surface area (Å²) in [4.78, 5) is 15.0. The molecule has 0 aliphatic heterocycles. The van der Waals surface area contributed by atoms with Gasteiger partial charge in [-0.05, 0) is 50.1 Å². The van der Waals surface area contributed by atoms with E-state index < -0.39 is 0 Å². The number of nitrogens with one attached hydrogen (secondary N) is 2. The average molecular weight is 341 g/mol. The molecule has 4 nitrogen and oxygen atoms in total. The van der Waals surface area contributed by atoms with Crippen molar-refractivity contribution in [2.45, 2.75) is 20.3 Å². The zero-order chi connectivity index (χ0) is 16.1. The van der Waals surface area contributed by atoms with E-state index >= 15 is 0 Å². The van der Waals surface area contributed by atoms with Gasteiger partial charge >= 0.3 is 0 Å². The lowest BCUT2D eigenvalue weighted by atomic mass is 10.2. The molecule has 2 rings (SSSR count). The van der Waals surface area contributed by atoms with Crippen LogP contribution < -0.4 is 10.1 Å². The largest absolute Gasteiger partial charge is 0.482 e. The number of aromatic nitrogens is 1. The number of hydrogen-bond donors (Lipinski definition) is 2. The zero-order valence-electron chi connectivity index (χ0n) is 12.5. The third-order valence-corrected chi connectivity index (χ3v) is 3.76. The van der Waals surface area contributed by atoms with Gasteiger partial charge in [0.1, 0.15) is 5.75 Å². The van der Waals surface area contributed by atoms with E-state index in [-0.39, 0.29) is 12.5 Å². The first-order chi connectivity index (χ1) is 10.5. The number of rotatable bonds is 6. The zero-order valence-corrected chi connectivity index (χ0v) is 14.0. The number of ether oxygens (including phenoxy) is 1. The van der Waals surface area contributed by atoms with Crippen LogP contribution in [0.15, 0.2) is 24.3 Å². The molecule has 0 bridgehead atoms. The molecule has 0 saturated heterocycles. The molecule has 0 saturated carbocycles. The summed E-state index contributed by atoms with van der Waals surface area (Å²) in [6, 6.07) is 6.97. The number of H-pyrrole nitrogens is 1. The number of aryl methyl sites for hydroxylation is 2. The van der Waals surface area contributed by atoms with Crippen molar-refractivity contribution in [3.63, 3.8) is 0 Å². The first-order valence-corrected chi connectivity index (χ1v) is 7.71. The second-order valence-electron chi connectivity index (χ2n) is 5.07. The van der Waals surface area contributed by atoms with Crippen molar-refractivity contribution in [3.05, 3.63) is 51.3 Å². The molecular weight excluding hydrogens is 323 g/mol. The molecule has 1 amide bonds. The first kappa shape index (κ1) is 16.7. The maximum atomic E-state index is 11.8. The van der Waals surface area contributed by atoms with Crippen LogP contribution in [-0.4, -0.2) is 24.0 Å². The van der Waals surface area contributed by atoms with Crippen molar-refractivity contribution in [1.82, 2.24) is 10.3 Å². The SMILES string of the molecule is Cc1cc(CCNC(=O)COc2ccc(Cl)cc2Cl)c(C)[nH]1. The fourth-order valence-corrected chi connectivity index (χ4v) is 2.63. The second-order valence-corrected chi connectivity index (χ2v) is 5.91. The van der Waals surface area contributed by atoms with E-state index in [1.54, 1.807) is 18.2 Å². The number of benzene rings is 1. The number of halogens is 2. The lowest BCUT2D eigenvalue weighted by Gasteiger charge is -2.09. The molecule has 1 aromatic carbocycles. The molecule has 0 aliphatic carbocycles. The van der Waals surface area contributed by atoms with Crippen LogP contribution in [0.2, 0.25) is 10.0 Å². The lowest BCUT2D eigenvalue weighted by molar-refractivity contribution is -0.123. The van der Waals surface area contributed by atoms with E-state index in [1.807, 2.05) is 13.8 Å². The van der Waals surface area contributed by atoms with Gasteiger partial charge in [-0.15, -0.1) is 0 Å². The number of hydrogen-bond acceptors (Lipinski definition) is 2. The van der Waals surface area contributed by atoms with Gasteiger partial charge < -0.3 is 15.0 Å². The van der Waals surface area contributed by atoms with E-state index in [0.29, 0.717) is 22.3 Å². The Morgan fingerprint density at radius 2 is 2.05 bits per heavy atom. The summed E-state index contributed by atoms with van der Waals surface area (Å²) < 4.78 is 5.38. The van der Waals surface area contributed by atoms with E-state index in [2.05, 4.69) is 16.4 Å². The first-order valence-electron chi connectivity index (χ1n) is 6.95. The van der Waals surface area contributed by atoms with E-state index in [1.165, 1.54) is 5.56 Å². The Bertz CT molecular complexity index is 668. The summed E-state index contributed by atoms with van der Waals surface area (Å²) in [5.41, 5.74) is 3.47. The molecule has 0 spiro atoms. The highest BCUT2D eigenvalue weighted by molar-refractivity contribution is 6.35. The molecule has 1 heterocycles. The Morgan fingerprint density at radius 1 is 1.27 bits per heavy atom. The van der Waals surface area contributed by atoms with Crippen molar-refractivity contribution < 1.29 is 9.53 Å². The van der Waals surface area contributed by atoms with Gasteiger partial charge in [-0.1, -0.05) is 23.2 Å². The monoisotopic (exact) mass is 340 g/mol. The minimum absolute atomic E-state index is 0.0769. The third kappa shape index (κ3) is 4.68. The Labute approximate surface area is 139 Å². The van der Waals surface area contributed by atoms with Crippen molar-refractivity contribution in [1.29, 1.82) is 0 Å². The maximum absolute atomic E-state index is 11.8. The van der Waals surface area contributed by atoms with Crippen molar-refractivity contribution in [2.24, 2.45) is 0 Å². The molecule has 0 atom stereocenters. The molecule has 0 radical (unpaired) electrons. The number of carbonyl (C=O) groups excluding carboxylic acids is 1. The molecule has 0 aliphatic rings. The van der Waals surface area contributed by atoms with Crippen LogP contribution in [0, 0.1) is 13.8 Å². The van der Waals surface area contributed by atoms with Crippen LogP contribution in [-0.2, 0) is 11.2 Å². The van der Waals surface area contributed by atoms with Crippen LogP contribution in [0.5, 0.6) is 5.75 Å². The second kappa shape index (κ2) is 7.56. The van der Waals surface area contributed by atoms with Crippen LogP contribution in [0.1, 0.15) is 17.0 Å². The number of aromatic amines is 1. The Kier molecular flexibility index (Phi) is 5.75. The van der Waals surface area contributed by atoms with E-state index in [0.717, 1.165) is 17.8 Å². The highest BCUT2D eigenvalue weighted by Gasteiger charge is 2.07. The van der Waals surface area contributed by atoms with E-state index in [4.69, 9.17) is 27.9 Å². The lowest BCUT2D eigenvalue weighted by Crippen LogP contribution is -2.30. The average Bonchev–Trinajstić information content (AvgIpc) is 2.76. The molecule has 2 aromatic rings. The third-order valence-electron chi connectivity index (χ3n) is 3.23. The number of amides is 1. The summed E-state index contributed by atoms with van der Waals surface area (Å²) in [5.74, 6) is 0.259. The van der Waals surface area contributed by atoms with Crippen molar-refractivity contribution in [3.8, 4) is 5.75 Å². The van der Waals surface area contributed by atoms with Gasteiger partial charge in [0.15, 0.2) is 6.61 Å². The highest BCUT2D eigenvalue weighted by atomic mass is 35.5. The van der Waals surface area contributed by atoms with Gasteiger partial charge in [-0.3, -0.25) is 4.79 Å². The normalized spacial score (nSPS) is 10.5. The molecule has 0 unspecified atom stereocenters. The number of carbonyl (C=O) groups is 1.